The number of piperazine rings is 1. The maximum absolute atomic E-state index is 14.7. The molecule has 4 N–H and O–H groups in total. The molecule has 3 rings (SSSR count). The molecule has 2 heterocycles. The normalized spacial score (nSPS) is 20.6. The van der Waals surface area contributed by atoms with Crippen LogP contribution in [0.2, 0.25) is 0 Å². The van der Waals surface area contributed by atoms with Crippen LogP contribution in [0, 0.1) is 11.7 Å². The lowest BCUT2D eigenvalue weighted by molar-refractivity contribution is -0.121. The standard InChI is InChI=1S/C20H30FN5O3/c1-2-3-14(19(22)27)11-24-12-16-13-26(20(28)29-16)15-4-5-18(17(21)10-15)25-8-6-23-7-9-25/h4-5,10,14,16,23-24H,2-3,6-9,11-13H2,1H3,(H2,22,27). The van der Waals surface area contributed by atoms with Crippen molar-refractivity contribution in [3.05, 3.63) is 24.0 Å². The monoisotopic (exact) mass is 407 g/mol. The van der Waals surface area contributed by atoms with Crippen molar-refractivity contribution in [2.24, 2.45) is 11.7 Å². The molecule has 2 saturated heterocycles. The van der Waals surface area contributed by atoms with Crippen molar-refractivity contribution in [2.75, 3.05) is 55.6 Å². The van der Waals surface area contributed by atoms with E-state index >= 15 is 0 Å². The number of nitrogens with one attached hydrogen (secondary N) is 2. The molecule has 9 heteroatoms. The smallest absolute Gasteiger partial charge is 0.414 e. The highest BCUT2D eigenvalue weighted by atomic mass is 19.1. The number of ether oxygens (including phenoxy) is 1. The number of carbonyl (C=O) groups excluding carboxylic acids is 2. The van der Waals surface area contributed by atoms with E-state index < -0.39 is 6.09 Å². The number of primary amides is 1. The third-order valence-electron chi connectivity index (χ3n) is 5.38. The molecule has 1 aromatic rings. The van der Waals surface area contributed by atoms with Crippen LogP contribution >= 0.6 is 0 Å². The second-order valence-electron chi connectivity index (χ2n) is 7.54. The highest BCUT2D eigenvalue weighted by molar-refractivity contribution is 5.90. The molecule has 29 heavy (non-hydrogen) atoms. The molecule has 2 unspecified atom stereocenters. The number of anilines is 2. The van der Waals surface area contributed by atoms with Gasteiger partial charge in [0.15, 0.2) is 0 Å². The number of nitrogens with zero attached hydrogens (tertiary/aromatic N) is 2. The third-order valence-corrected chi connectivity index (χ3v) is 5.38. The number of cyclic esters (lactones) is 1. The fourth-order valence-corrected chi connectivity index (χ4v) is 3.78. The first-order valence-corrected chi connectivity index (χ1v) is 10.2. The van der Waals surface area contributed by atoms with Crippen molar-refractivity contribution >= 4 is 23.4 Å². The molecule has 8 nitrogen and oxygen atoms in total. The summed E-state index contributed by atoms with van der Waals surface area (Å²) >= 11 is 0. The van der Waals surface area contributed by atoms with E-state index in [1.54, 1.807) is 12.1 Å². The largest absolute Gasteiger partial charge is 0.443 e. The minimum Gasteiger partial charge on any atom is -0.443 e. The van der Waals surface area contributed by atoms with Gasteiger partial charge in [-0.25, -0.2) is 9.18 Å². The minimum atomic E-state index is -0.494. The second-order valence-corrected chi connectivity index (χ2v) is 7.54. The molecule has 2 fully saturated rings. The summed E-state index contributed by atoms with van der Waals surface area (Å²) in [4.78, 5) is 27.1. The quantitative estimate of drug-likeness (QED) is 0.566. The second kappa shape index (κ2) is 9.89. The molecule has 0 bridgehead atoms. The molecule has 0 aromatic heterocycles. The maximum atomic E-state index is 14.7. The zero-order valence-electron chi connectivity index (χ0n) is 16.8. The van der Waals surface area contributed by atoms with Crippen LogP contribution in [0.15, 0.2) is 18.2 Å². The fourth-order valence-electron chi connectivity index (χ4n) is 3.78. The average molecular weight is 407 g/mol. The number of carbonyl (C=O) groups is 2. The van der Waals surface area contributed by atoms with Gasteiger partial charge < -0.3 is 26.0 Å². The zero-order chi connectivity index (χ0) is 20.8. The Morgan fingerprint density at radius 2 is 2.17 bits per heavy atom. The van der Waals surface area contributed by atoms with Crippen LogP contribution in [-0.2, 0) is 9.53 Å². The highest BCUT2D eigenvalue weighted by Crippen LogP contribution is 2.28. The molecule has 0 spiro atoms. The van der Waals surface area contributed by atoms with Gasteiger partial charge >= 0.3 is 6.09 Å². The Morgan fingerprint density at radius 1 is 1.41 bits per heavy atom. The van der Waals surface area contributed by atoms with Crippen molar-refractivity contribution < 1.29 is 18.7 Å². The van der Waals surface area contributed by atoms with E-state index in [0.717, 1.165) is 39.0 Å². The van der Waals surface area contributed by atoms with E-state index in [9.17, 15) is 14.0 Å². The van der Waals surface area contributed by atoms with Gasteiger partial charge in [0.2, 0.25) is 5.91 Å². The fraction of sp³-hybridized carbons (Fsp3) is 0.600. The highest BCUT2D eigenvalue weighted by Gasteiger charge is 2.33. The lowest BCUT2D eigenvalue weighted by Crippen LogP contribution is -2.43. The first kappa shape index (κ1) is 21.3. The lowest BCUT2D eigenvalue weighted by atomic mass is 10.0. The summed E-state index contributed by atoms with van der Waals surface area (Å²) in [5, 5.41) is 6.40. The van der Waals surface area contributed by atoms with Crippen LogP contribution in [0.5, 0.6) is 0 Å². The van der Waals surface area contributed by atoms with E-state index in [4.69, 9.17) is 10.5 Å². The van der Waals surface area contributed by atoms with Gasteiger partial charge in [-0.3, -0.25) is 9.69 Å². The minimum absolute atomic E-state index is 0.236. The van der Waals surface area contributed by atoms with Crippen molar-refractivity contribution in [3.8, 4) is 0 Å². The van der Waals surface area contributed by atoms with Gasteiger partial charge in [-0.2, -0.15) is 0 Å². The Hall–Kier alpha value is -2.39. The number of nitrogens with two attached hydrogens (primary N) is 1. The van der Waals surface area contributed by atoms with Crippen LogP contribution in [0.3, 0.4) is 0 Å². The van der Waals surface area contributed by atoms with E-state index in [1.165, 1.54) is 11.0 Å². The summed E-state index contributed by atoms with van der Waals surface area (Å²) < 4.78 is 20.0. The number of halogens is 1. The van der Waals surface area contributed by atoms with E-state index in [-0.39, 0.29) is 23.7 Å². The van der Waals surface area contributed by atoms with Crippen LogP contribution in [0.4, 0.5) is 20.6 Å². The van der Waals surface area contributed by atoms with Gasteiger partial charge in [-0.15, -0.1) is 0 Å². The molecule has 2 amide bonds. The SMILES string of the molecule is CCCC(CNCC1CN(c2ccc(N3CCNCC3)c(F)c2)C(=O)O1)C(N)=O. The first-order chi connectivity index (χ1) is 14.0. The van der Waals surface area contributed by atoms with Crippen LogP contribution in [0.25, 0.3) is 0 Å². The summed E-state index contributed by atoms with van der Waals surface area (Å²) in [6.45, 7) is 6.33. The van der Waals surface area contributed by atoms with Crippen molar-refractivity contribution in [1.29, 1.82) is 0 Å². The van der Waals surface area contributed by atoms with Crippen molar-refractivity contribution in [3.63, 3.8) is 0 Å². The van der Waals surface area contributed by atoms with Gasteiger partial charge in [0.1, 0.15) is 11.9 Å². The number of hydrogen-bond donors (Lipinski definition) is 3. The molecule has 2 aliphatic heterocycles. The zero-order valence-corrected chi connectivity index (χ0v) is 16.8. The molecule has 0 saturated carbocycles. The predicted octanol–water partition coefficient (Wildman–Crippen LogP) is 1.05. The maximum Gasteiger partial charge on any atom is 0.414 e. The van der Waals surface area contributed by atoms with E-state index in [1.807, 2.05) is 11.8 Å². The molecule has 160 valence electrons. The van der Waals surface area contributed by atoms with E-state index in [2.05, 4.69) is 10.6 Å². The Kier molecular flexibility index (Phi) is 7.27. The number of hydrogen-bond acceptors (Lipinski definition) is 6. The summed E-state index contributed by atoms with van der Waals surface area (Å²) in [5.41, 5.74) is 6.43. The Balaban J connectivity index is 1.56. The van der Waals surface area contributed by atoms with Gasteiger partial charge in [0.25, 0.3) is 0 Å². The topological polar surface area (TPSA) is 99.9 Å². The summed E-state index contributed by atoms with van der Waals surface area (Å²) in [5.74, 6) is -0.910. The van der Waals surface area contributed by atoms with Crippen LogP contribution in [-0.4, -0.2) is 63.9 Å². The molecule has 0 aliphatic carbocycles. The number of benzene rings is 1. The third kappa shape index (κ3) is 5.36. The Labute approximate surface area is 170 Å². The Morgan fingerprint density at radius 3 is 2.83 bits per heavy atom. The molecule has 0 radical (unpaired) electrons. The molecular formula is C20H30FN5O3. The van der Waals surface area contributed by atoms with Gasteiger partial charge in [-0.1, -0.05) is 13.3 Å². The average Bonchev–Trinajstić information content (AvgIpc) is 3.08. The Bertz CT molecular complexity index is 726. The number of rotatable bonds is 9. The van der Waals surface area contributed by atoms with Crippen molar-refractivity contribution in [2.45, 2.75) is 25.9 Å². The number of amides is 2. The lowest BCUT2D eigenvalue weighted by Gasteiger charge is -2.30. The van der Waals surface area contributed by atoms with Gasteiger partial charge in [-0.05, 0) is 24.6 Å². The summed E-state index contributed by atoms with van der Waals surface area (Å²) in [6, 6.07) is 4.86. The van der Waals surface area contributed by atoms with Crippen LogP contribution in [0.1, 0.15) is 19.8 Å². The molecule has 2 atom stereocenters. The van der Waals surface area contributed by atoms with E-state index in [0.29, 0.717) is 31.0 Å². The molecular weight excluding hydrogens is 377 g/mol. The molecule has 1 aromatic carbocycles. The first-order valence-electron chi connectivity index (χ1n) is 10.2. The van der Waals surface area contributed by atoms with Gasteiger partial charge in [0, 0.05) is 39.3 Å². The van der Waals surface area contributed by atoms with Crippen LogP contribution < -0.4 is 26.2 Å². The summed E-state index contributed by atoms with van der Waals surface area (Å²) in [7, 11) is 0. The summed E-state index contributed by atoms with van der Waals surface area (Å²) in [6.07, 6.45) is 0.730. The molecule has 2 aliphatic rings. The van der Waals surface area contributed by atoms with Crippen molar-refractivity contribution in [1.82, 2.24) is 10.6 Å². The van der Waals surface area contributed by atoms with Gasteiger partial charge in [0.05, 0.1) is 23.8 Å². The predicted molar refractivity (Wildman–Crippen MR) is 110 cm³/mol.